The van der Waals surface area contributed by atoms with Crippen LogP contribution in [0.1, 0.15) is 49.8 Å². The average molecular weight is 386 g/mol. The topological polar surface area (TPSA) is 80.9 Å². The first-order valence-corrected chi connectivity index (χ1v) is 10.1. The number of fused-ring (bicyclic) bond motifs is 1. The van der Waals surface area contributed by atoms with Crippen LogP contribution in [0.2, 0.25) is 0 Å². The highest BCUT2D eigenvalue weighted by Gasteiger charge is 2.15. The number of rotatable bonds is 7. The van der Waals surface area contributed by atoms with E-state index in [1.807, 2.05) is 18.2 Å². The molecule has 28 heavy (non-hydrogen) atoms. The summed E-state index contributed by atoms with van der Waals surface area (Å²) in [5.41, 5.74) is 3.14. The molecule has 7 nitrogen and oxygen atoms in total. The SMILES string of the molecule is CCNC(=NCc1cccc2c1OCCCO2)NCc1c(CC)noc1CC. The van der Waals surface area contributed by atoms with E-state index in [2.05, 4.69) is 36.6 Å². The molecule has 2 N–H and O–H groups in total. The predicted octanol–water partition coefficient (Wildman–Crippen LogP) is 3.22. The van der Waals surface area contributed by atoms with E-state index in [1.165, 1.54) is 0 Å². The van der Waals surface area contributed by atoms with Gasteiger partial charge in [-0.2, -0.15) is 0 Å². The highest BCUT2D eigenvalue weighted by Crippen LogP contribution is 2.33. The van der Waals surface area contributed by atoms with E-state index >= 15 is 0 Å². The molecule has 1 aliphatic rings. The number of para-hydroxylation sites is 1. The summed E-state index contributed by atoms with van der Waals surface area (Å²) in [6.45, 7) is 9.48. The minimum Gasteiger partial charge on any atom is -0.490 e. The molecule has 7 heteroatoms. The van der Waals surface area contributed by atoms with E-state index in [4.69, 9.17) is 19.0 Å². The van der Waals surface area contributed by atoms with Gasteiger partial charge in [0.2, 0.25) is 0 Å². The van der Waals surface area contributed by atoms with Gasteiger partial charge in [0.25, 0.3) is 0 Å². The van der Waals surface area contributed by atoms with Crippen LogP contribution in [0.4, 0.5) is 0 Å². The van der Waals surface area contributed by atoms with Gasteiger partial charge in [-0.1, -0.05) is 31.1 Å². The lowest BCUT2D eigenvalue weighted by Crippen LogP contribution is -2.37. The zero-order valence-electron chi connectivity index (χ0n) is 17.0. The predicted molar refractivity (Wildman–Crippen MR) is 109 cm³/mol. The minimum atomic E-state index is 0.507. The summed E-state index contributed by atoms with van der Waals surface area (Å²) in [7, 11) is 0. The van der Waals surface area contributed by atoms with Crippen molar-refractivity contribution in [3.63, 3.8) is 0 Å². The molecule has 152 valence electrons. The van der Waals surface area contributed by atoms with Gasteiger partial charge in [-0.15, -0.1) is 0 Å². The van der Waals surface area contributed by atoms with Crippen molar-refractivity contribution in [2.45, 2.75) is 53.1 Å². The molecule has 2 heterocycles. The number of nitrogens with zero attached hydrogens (tertiary/aromatic N) is 2. The molecule has 0 radical (unpaired) electrons. The molecule has 0 saturated heterocycles. The van der Waals surface area contributed by atoms with E-state index in [0.717, 1.165) is 65.8 Å². The summed E-state index contributed by atoms with van der Waals surface area (Å²) >= 11 is 0. The van der Waals surface area contributed by atoms with Crippen molar-refractivity contribution in [2.24, 2.45) is 4.99 Å². The summed E-state index contributed by atoms with van der Waals surface area (Å²) in [6.07, 6.45) is 2.56. The van der Waals surface area contributed by atoms with Crippen LogP contribution in [0.5, 0.6) is 11.5 Å². The number of aromatic nitrogens is 1. The van der Waals surface area contributed by atoms with Gasteiger partial charge in [0, 0.05) is 37.1 Å². The third-order valence-electron chi connectivity index (χ3n) is 4.64. The van der Waals surface area contributed by atoms with Crippen LogP contribution >= 0.6 is 0 Å². The Hall–Kier alpha value is -2.70. The molecular weight excluding hydrogens is 356 g/mol. The number of hydrogen-bond acceptors (Lipinski definition) is 5. The second-order valence-electron chi connectivity index (χ2n) is 6.58. The average Bonchev–Trinajstić information content (AvgIpc) is 2.96. The molecule has 0 spiro atoms. The van der Waals surface area contributed by atoms with E-state index in [1.54, 1.807) is 0 Å². The van der Waals surface area contributed by atoms with Gasteiger partial charge in [0.1, 0.15) is 5.76 Å². The lowest BCUT2D eigenvalue weighted by Gasteiger charge is -2.14. The van der Waals surface area contributed by atoms with Crippen LogP contribution in [0, 0.1) is 0 Å². The maximum atomic E-state index is 5.90. The van der Waals surface area contributed by atoms with Gasteiger partial charge in [-0.25, -0.2) is 4.99 Å². The fraction of sp³-hybridized carbons (Fsp3) is 0.524. The fourth-order valence-electron chi connectivity index (χ4n) is 3.19. The van der Waals surface area contributed by atoms with Gasteiger partial charge in [-0.3, -0.25) is 0 Å². The van der Waals surface area contributed by atoms with Crippen LogP contribution in [0.25, 0.3) is 0 Å². The largest absolute Gasteiger partial charge is 0.490 e. The standard InChI is InChI=1S/C21H30N4O3/c1-4-17-16(18(5-2)28-25-17)14-24-21(22-6-3)23-13-15-9-7-10-19-20(15)27-12-8-11-26-19/h7,9-10H,4-6,8,11-14H2,1-3H3,(H2,22,23,24). The fourth-order valence-corrected chi connectivity index (χ4v) is 3.19. The van der Waals surface area contributed by atoms with Gasteiger partial charge in [0.15, 0.2) is 17.5 Å². The Morgan fingerprint density at radius 2 is 1.96 bits per heavy atom. The third kappa shape index (κ3) is 4.77. The molecule has 0 saturated carbocycles. The maximum absolute atomic E-state index is 5.90. The molecule has 3 rings (SSSR count). The monoisotopic (exact) mass is 386 g/mol. The number of guanidine groups is 1. The second kappa shape index (κ2) is 10.0. The second-order valence-corrected chi connectivity index (χ2v) is 6.58. The molecule has 0 atom stereocenters. The molecule has 0 aliphatic carbocycles. The van der Waals surface area contributed by atoms with Gasteiger partial charge < -0.3 is 24.6 Å². The molecule has 1 aromatic heterocycles. The number of hydrogen-bond donors (Lipinski definition) is 2. The zero-order chi connectivity index (χ0) is 19.8. The lowest BCUT2D eigenvalue weighted by atomic mass is 10.1. The third-order valence-corrected chi connectivity index (χ3v) is 4.64. The Morgan fingerprint density at radius 3 is 2.75 bits per heavy atom. The molecule has 0 unspecified atom stereocenters. The Labute approximate surface area is 166 Å². The summed E-state index contributed by atoms with van der Waals surface area (Å²) in [5, 5.41) is 10.9. The smallest absolute Gasteiger partial charge is 0.191 e. The summed E-state index contributed by atoms with van der Waals surface area (Å²) < 4.78 is 17.1. The molecule has 1 aromatic carbocycles. The van der Waals surface area contributed by atoms with Crippen molar-refractivity contribution < 1.29 is 14.0 Å². The zero-order valence-corrected chi connectivity index (χ0v) is 17.0. The summed E-state index contributed by atoms with van der Waals surface area (Å²) in [6, 6.07) is 5.96. The molecule has 0 bridgehead atoms. The Morgan fingerprint density at radius 1 is 1.11 bits per heavy atom. The van der Waals surface area contributed by atoms with Crippen LogP contribution in [0.3, 0.4) is 0 Å². The summed E-state index contributed by atoms with van der Waals surface area (Å²) in [5.74, 6) is 3.28. The molecule has 0 fully saturated rings. The van der Waals surface area contributed by atoms with Crippen LogP contribution in [0.15, 0.2) is 27.7 Å². The Bertz CT molecular complexity index is 779. The van der Waals surface area contributed by atoms with Crippen LogP contribution in [-0.2, 0) is 25.9 Å². The highest BCUT2D eigenvalue weighted by molar-refractivity contribution is 5.79. The van der Waals surface area contributed by atoms with Crippen molar-refractivity contribution in [3.8, 4) is 11.5 Å². The molecule has 0 amide bonds. The number of aliphatic imine (C=N–C) groups is 1. The minimum absolute atomic E-state index is 0.507. The van der Waals surface area contributed by atoms with Crippen molar-refractivity contribution in [1.29, 1.82) is 0 Å². The number of nitrogens with one attached hydrogen (secondary N) is 2. The van der Waals surface area contributed by atoms with Crippen LogP contribution in [-0.4, -0.2) is 30.9 Å². The maximum Gasteiger partial charge on any atom is 0.191 e. The van der Waals surface area contributed by atoms with E-state index in [0.29, 0.717) is 26.3 Å². The summed E-state index contributed by atoms with van der Waals surface area (Å²) in [4.78, 5) is 4.74. The van der Waals surface area contributed by atoms with Gasteiger partial charge >= 0.3 is 0 Å². The van der Waals surface area contributed by atoms with Gasteiger partial charge in [0.05, 0.1) is 25.5 Å². The van der Waals surface area contributed by atoms with Crippen molar-refractivity contribution in [2.75, 3.05) is 19.8 Å². The Balaban J connectivity index is 1.73. The lowest BCUT2D eigenvalue weighted by molar-refractivity contribution is 0.296. The first-order valence-electron chi connectivity index (χ1n) is 10.1. The van der Waals surface area contributed by atoms with Crippen LogP contribution < -0.4 is 20.1 Å². The number of ether oxygens (including phenoxy) is 2. The molecule has 2 aromatic rings. The van der Waals surface area contributed by atoms with E-state index < -0.39 is 0 Å². The van der Waals surface area contributed by atoms with E-state index in [9.17, 15) is 0 Å². The number of benzene rings is 1. The molecule has 1 aliphatic heterocycles. The van der Waals surface area contributed by atoms with Crippen molar-refractivity contribution in [1.82, 2.24) is 15.8 Å². The first kappa shape index (κ1) is 20.0. The van der Waals surface area contributed by atoms with E-state index in [-0.39, 0.29) is 0 Å². The number of aryl methyl sites for hydroxylation is 2. The first-order chi connectivity index (χ1) is 13.8. The van der Waals surface area contributed by atoms with Crippen molar-refractivity contribution >= 4 is 5.96 Å². The molecular formula is C21H30N4O3. The highest BCUT2D eigenvalue weighted by atomic mass is 16.5. The normalized spacial score (nSPS) is 13.9. The van der Waals surface area contributed by atoms with Gasteiger partial charge in [-0.05, 0) is 19.4 Å². The quantitative estimate of drug-likeness (QED) is 0.562. The van der Waals surface area contributed by atoms with Crippen molar-refractivity contribution in [3.05, 3.63) is 40.8 Å². The Kier molecular flexibility index (Phi) is 7.17.